The smallest absolute Gasteiger partial charge is 0.191 e. The molecule has 0 saturated carbocycles. The molecule has 0 fully saturated rings. The summed E-state index contributed by atoms with van der Waals surface area (Å²) in [6.45, 7) is 8.93. The van der Waals surface area contributed by atoms with Crippen LogP contribution >= 0.6 is 35.3 Å². The second kappa shape index (κ2) is 12.8. The van der Waals surface area contributed by atoms with Crippen LogP contribution in [0.5, 0.6) is 11.5 Å². The van der Waals surface area contributed by atoms with Crippen molar-refractivity contribution in [3.63, 3.8) is 0 Å². The summed E-state index contributed by atoms with van der Waals surface area (Å²) in [4.78, 5) is 9.20. The molecule has 2 aromatic rings. The van der Waals surface area contributed by atoms with E-state index in [1.807, 2.05) is 31.2 Å². The number of ether oxygens (including phenoxy) is 2. The van der Waals surface area contributed by atoms with E-state index in [9.17, 15) is 0 Å². The molecule has 0 amide bonds. The van der Waals surface area contributed by atoms with Gasteiger partial charge in [-0.1, -0.05) is 13.8 Å². The zero-order valence-corrected chi connectivity index (χ0v) is 19.5. The topological polar surface area (TPSA) is 67.8 Å². The van der Waals surface area contributed by atoms with Gasteiger partial charge in [0.1, 0.15) is 18.1 Å². The van der Waals surface area contributed by atoms with Gasteiger partial charge >= 0.3 is 0 Å². The van der Waals surface area contributed by atoms with Gasteiger partial charge in [-0.2, -0.15) is 0 Å². The molecule has 0 aliphatic heterocycles. The molecule has 150 valence electrons. The monoisotopic (exact) mass is 504 g/mol. The Bertz CT molecular complexity index is 689. The lowest BCUT2D eigenvalue weighted by Gasteiger charge is -2.12. The van der Waals surface area contributed by atoms with E-state index in [4.69, 9.17) is 9.47 Å². The first-order valence-electron chi connectivity index (χ1n) is 8.85. The summed E-state index contributed by atoms with van der Waals surface area (Å²) < 4.78 is 10.8. The maximum atomic E-state index is 5.71. The lowest BCUT2D eigenvalue weighted by molar-refractivity contribution is 0.321. The number of aromatic nitrogens is 1. The molecule has 0 spiro atoms. The lowest BCUT2D eigenvalue weighted by atomic mass is 10.2. The summed E-state index contributed by atoms with van der Waals surface area (Å²) in [6.07, 6.45) is 0. The number of methoxy groups -OCH3 is 1. The first-order valence-corrected chi connectivity index (χ1v) is 9.73. The summed E-state index contributed by atoms with van der Waals surface area (Å²) in [5.41, 5.74) is 1.00. The molecule has 1 aromatic carbocycles. The lowest BCUT2D eigenvalue weighted by Crippen LogP contribution is -2.39. The molecule has 0 aliphatic rings. The average Bonchev–Trinajstić information content (AvgIpc) is 3.13. The first-order chi connectivity index (χ1) is 12.6. The van der Waals surface area contributed by atoms with Gasteiger partial charge < -0.3 is 20.1 Å². The SMILES string of the molecule is CCNC(=NCc1csc(C(C)C)n1)NCCOc1ccc(OC)cc1.I. The van der Waals surface area contributed by atoms with E-state index in [0.717, 1.165) is 34.7 Å². The predicted molar refractivity (Wildman–Crippen MR) is 123 cm³/mol. The highest BCUT2D eigenvalue weighted by Gasteiger charge is 2.06. The van der Waals surface area contributed by atoms with Gasteiger partial charge in [0.05, 0.1) is 30.9 Å². The minimum atomic E-state index is 0. The van der Waals surface area contributed by atoms with Crippen molar-refractivity contribution < 1.29 is 9.47 Å². The highest BCUT2D eigenvalue weighted by molar-refractivity contribution is 14.0. The van der Waals surface area contributed by atoms with Gasteiger partial charge in [-0.3, -0.25) is 0 Å². The third kappa shape index (κ3) is 8.34. The van der Waals surface area contributed by atoms with E-state index in [-0.39, 0.29) is 24.0 Å². The van der Waals surface area contributed by atoms with Gasteiger partial charge in [-0.15, -0.1) is 35.3 Å². The van der Waals surface area contributed by atoms with E-state index >= 15 is 0 Å². The Morgan fingerprint density at radius 2 is 1.89 bits per heavy atom. The molecular weight excluding hydrogens is 475 g/mol. The van der Waals surface area contributed by atoms with Crippen molar-refractivity contribution in [1.29, 1.82) is 0 Å². The van der Waals surface area contributed by atoms with E-state index < -0.39 is 0 Å². The van der Waals surface area contributed by atoms with Crippen LogP contribution in [-0.4, -0.2) is 37.7 Å². The molecule has 2 rings (SSSR count). The quantitative estimate of drug-likeness (QED) is 0.234. The Hall–Kier alpha value is -1.55. The summed E-state index contributed by atoms with van der Waals surface area (Å²) in [5, 5.41) is 9.75. The number of hydrogen-bond donors (Lipinski definition) is 2. The van der Waals surface area contributed by atoms with Crippen LogP contribution in [0.25, 0.3) is 0 Å². The van der Waals surface area contributed by atoms with Gasteiger partial charge in [-0.05, 0) is 31.2 Å². The molecule has 0 radical (unpaired) electrons. The highest BCUT2D eigenvalue weighted by atomic mass is 127. The second-order valence-electron chi connectivity index (χ2n) is 5.98. The third-order valence-corrected chi connectivity index (χ3v) is 4.72. The molecule has 1 heterocycles. The largest absolute Gasteiger partial charge is 0.497 e. The number of aliphatic imine (C=N–C) groups is 1. The molecule has 2 N–H and O–H groups in total. The molecule has 1 aromatic heterocycles. The maximum absolute atomic E-state index is 5.71. The van der Waals surface area contributed by atoms with Crippen LogP contribution in [0.4, 0.5) is 0 Å². The molecule has 0 bridgehead atoms. The number of nitrogens with zero attached hydrogens (tertiary/aromatic N) is 2. The van der Waals surface area contributed by atoms with Crippen LogP contribution in [0.1, 0.15) is 37.4 Å². The Labute approximate surface area is 182 Å². The van der Waals surface area contributed by atoms with Crippen LogP contribution in [0.3, 0.4) is 0 Å². The molecule has 8 heteroatoms. The van der Waals surface area contributed by atoms with E-state index in [1.54, 1.807) is 18.4 Å². The van der Waals surface area contributed by atoms with Crippen LogP contribution < -0.4 is 20.1 Å². The van der Waals surface area contributed by atoms with Gasteiger partial charge in [0.25, 0.3) is 0 Å². The predicted octanol–water partition coefficient (Wildman–Crippen LogP) is 4.03. The van der Waals surface area contributed by atoms with Crippen molar-refractivity contribution in [2.24, 2.45) is 4.99 Å². The molecule has 27 heavy (non-hydrogen) atoms. The standard InChI is InChI=1S/C19H28N4O2S.HI/c1-5-20-19(22-12-15-13-26-18(23-15)14(2)3)21-10-11-25-17-8-6-16(24-4)7-9-17;/h6-9,13-14H,5,10-12H2,1-4H3,(H2,20,21,22);1H. The van der Waals surface area contributed by atoms with Crippen molar-refractivity contribution in [2.75, 3.05) is 26.8 Å². The first kappa shape index (κ1) is 23.5. The number of halogens is 1. The fourth-order valence-electron chi connectivity index (χ4n) is 2.17. The Morgan fingerprint density at radius 1 is 1.19 bits per heavy atom. The molecule has 0 aliphatic carbocycles. The van der Waals surface area contributed by atoms with Crippen molar-refractivity contribution in [2.45, 2.75) is 33.2 Å². The van der Waals surface area contributed by atoms with Gasteiger partial charge in [0.15, 0.2) is 5.96 Å². The molecule has 0 unspecified atom stereocenters. The van der Waals surface area contributed by atoms with Crippen LogP contribution in [0, 0.1) is 0 Å². The minimum Gasteiger partial charge on any atom is -0.497 e. The van der Waals surface area contributed by atoms with Crippen LogP contribution in [0.2, 0.25) is 0 Å². The molecular formula is C19H29IN4O2S. The summed E-state index contributed by atoms with van der Waals surface area (Å²) in [6, 6.07) is 7.56. The third-order valence-electron chi connectivity index (χ3n) is 3.53. The molecule has 6 nitrogen and oxygen atoms in total. The van der Waals surface area contributed by atoms with E-state index in [1.165, 1.54) is 0 Å². The van der Waals surface area contributed by atoms with Gasteiger partial charge in [-0.25, -0.2) is 9.98 Å². The number of nitrogens with one attached hydrogen (secondary N) is 2. The summed E-state index contributed by atoms with van der Waals surface area (Å²) >= 11 is 1.69. The van der Waals surface area contributed by atoms with Crippen molar-refractivity contribution in [3.8, 4) is 11.5 Å². The number of thiazole rings is 1. The zero-order valence-electron chi connectivity index (χ0n) is 16.3. The minimum absolute atomic E-state index is 0. The number of benzene rings is 1. The summed E-state index contributed by atoms with van der Waals surface area (Å²) in [5.74, 6) is 2.86. The number of rotatable bonds is 9. The normalized spacial score (nSPS) is 11.1. The van der Waals surface area contributed by atoms with Crippen molar-refractivity contribution >= 4 is 41.3 Å². The van der Waals surface area contributed by atoms with E-state index in [2.05, 4.69) is 39.8 Å². The zero-order chi connectivity index (χ0) is 18.8. The molecule has 0 atom stereocenters. The van der Waals surface area contributed by atoms with Gasteiger partial charge in [0.2, 0.25) is 0 Å². The fraction of sp³-hybridized carbons (Fsp3) is 0.474. The fourth-order valence-corrected chi connectivity index (χ4v) is 3.00. The maximum Gasteiger partial charge on any atom is 0.191 e. The second-order valence-corrected chi connectivity index (χ2v) is 6.87. The molecule has 0 saturated heterocycles. The Balaban J connectivity index is 0.00000364. The number of guanidine groups is 1. The van der Waals surface area contributed by atoms with Crippen LogP contribution in [0.15, 0.2) is 34.6 Å². The Morgan fingerprint density at radius 3 is 2.48 bits per heavy atom. The highest BCUT2D eigenvalue weighted by Crippen LogP contribution is 2.19. The van der Waals surface area contributed by atoms with Crippen molar-refractivity contribution in [1.82, 2.24) is 15.6 Å². The Kier molecular flexibility index (Phi) is 11.1. The van der Waals surface area contributed by atoms with Gasteiger partial charge in [0, 0.05) is 17.8 Å². The summed E-state index contributed by atoms with van der Waals surface area (Å²) in [7, 11) is 1.65. The van der Waals surface area contributed by atoms with E-state index in [0.29, 0.717) is 25.6 Å². The van der Waals surface area contributed by atoms with Crippen LogP contribution in [-0.2, 0) is 6.54 Å². The average molecular weight is 504 g/mol. The van der Waals surface area contributed by atoms with Crippen molar-refractivity contribution in [3.05, 3.63) is 40.3 Å². The number of hydrogen-bond acceptors (Lipinski definition) is 5.